The molecule has 0 aromatic heterocycles. The Hall–Kier alpha value is -4.15. The van der Waals surface area contributed by atoms with Gasteiger partial charge in [-0.2, -0.15) is 5.10 Å². The van der Waals surface area contributed by atoms with E-state index in [9.17, 15) is 13.2 Å². The summed E-state index contributed by atoms with van der Waals surface area (Å²) in [6.07, 6.45) is 1.45. The van der Waals surface area contributed by atoms with Gasteiger partial charge in [0.05, 0.1) is 28.4 Å². The molecule has 8 nitrogen and oxygen atoms in total. The number of carbonyl (C=O) groups excluding carboxylic acids is 1. The van der Waals surface area contributed by atoms with Gasteiger partial charge in [0.1, 0.15) is 13.2 Å². The molecule has 0 unspecified atom stereocenters. The molecule has 0 aliphatic heterocycles. The SMILES string of the molecule is COc1cc(/C=N\NC(=O)CN(c2ccc(C(C)C)cc2)S(=O)(=O)c2ccc(C)cc2)cc(Br)c1OCc1ccc(C)cc1. The van der Waals surface area contributed by atoms with Crippen LogP contribution in [0.3, 0.4) is 0 Å². The quantitative estimate of drug-likeness (QED) is 0.127. The molecule has 0 radical (unpaired) electrons. The Kier molecular flexibility index (Phi) is 10.8. The topological polar surface area (TPSA) is 97.3 Å². The number of sulfonamides is 1. The zero-order valence-corrected chi connectivity index (χ0v) is 27.8. The fourth-order valence-corrected chi connectivity index (χ4v) is 6.31. The summed E-state index contributed by atoms with van der Waals surface area (Å²) in [7, 11) is -2.50. The fraction of sp³-hybridized carbons (Fsp3) is 0.235. The molecule has 44 heavy (non-hydrogen) atoms. The minimum absolute atomic E-state index is 0.0916. The molecule has 0 aliphatic rings. The van der Waals surface area contributed by atoms with Crippen LogP contribution in [0.2, 0.25) is 0 Å². The van der Waals surface area contributed by atoms with E-state index in [2.05, 4.69) is 40.3 Å². The van der Waals surface area contributed by atoms with E-state index < -0.39 is 22.5 Å². The van der Waals surface area contributed by atoms with Gasteiger partial charge in [-0.15, -0.1) is 0 Å². The highest BCUT2D eigenvalue weighted by Crippen LogP contribution is 2.37. The number of carbonyl (C=O) groups is 1. The molecule has 0 aliphatic carbocycles. The number of halogens is 1. The third-order valence-corrected chi connectivity index (χ3v) is 9.28. The molecular weight excluding hydrogens is 642 g/mol. The molecule has 10 heteroatoms. The smallest absolute Gasteiger partial charge is 0.264 e. The van der Waals surface area contributed by atoms with Gasteiger partial charge < -0.3 is 9.47 Å². The first-order valence-corrected chi connectivity index (χ1v) is 16.3. The zero-order chi connectivity index (χ0) is 31.9. The molecule has 0 heterocycles. The largest absolute Gasteiger partial charge is 0.493 e. The summed E-state index contributed by atoms with van der Waals surface area (Å²) >= 11 is 3.54. The Bertz CT molecular complexity index is 1720. The van der Waals surface area contributed by atoms with E-state index in [1.807, 2.05) is 50.2 Å². The maximum absolute atomic E-state index is 13.7. The van der Waals surface area contributed by atoms with Gasteiger partial charge in [-0.05, 0) is 88.8 Å². The lowest BCUT2D eigenvalue weighted by Gasteiger charge is -2.24. The Morgan fingerprint density at radius 2 is 1.57 bits per heavy atom. The van der Waals surface area contributed by atoms with E-state index in [0.717, 1.165) is 21.0 Å². The Labute approximate surface area is 267 Å². The van der Waals surface area contributed by atoms with Crippen molar-refractivity contribution in [3.05, 3.63) is 117 Å². The Morgan fingerprint density at radius 1 is 0.955 bits per heavy atom. The second kappa shape index (κ2) is 14.5. The van der Waals surface area contributed by atoms with Crippen molar-refractivity contribution in [3.63, 3.8) is 0 Å². The van der Waals surface area contributed by atoms with Crippen molar-refractivity contribution in [1.29, 1.82) is 0 Å². The van der Waals surface area contributed by atoms with E-state index in [4.69, 9.17) is 9.47 Å². The summed E-state index contributed by atoms with van der Waals surface area (Å²) in [5.74, 6) is 0.694. The summed E-state index contributed by atoms with van der Waals surface area (Å²) < 4.78 is 40.6. The molecule has 4 aromatic carbocycles. The molecule has 4 rings (SSSR count). The molecular formula is C34H36BrN3O5S. The fourth-order valence-electron chi connectivity index (χ4n) is 4.32. The highest BCUT2D eigenvalue weighted by Gasteiger charge is 2.27. The van der Waals surface area contributed by atoms with Crippen molar-refractivity contribution in [2.75, 3.05) is 18.0 Å². The zero-order valence-electron chi connectivity index (χ0n) is 25.4. The van der Waals surface area contributed by atoms with Gasteiger partial charge in [0.15, 0.2) is 11.5 Å². The molecule has 0 bridgehead atoms. The van der Waals surface area contributed by atoms with Crippen LogP contribution in [0.15, 0.2) is 99.4 Å². The van der Waals surface area contributed by atoms with Crippen LogP contribution in [0.4, 0.5) is 5.69 Å². The number of anilines is 1. The molecule has 0 fully saturated rings. The lowest BCUT2D eigenvalue weighted by molar-refractivity contribution is -0.119. The number of benzene rings is 4. The van der Waals surface area contributed by atoms with Crippen molar-refractivity contribution in [2.24, 2.45) is 5.10 Å². The van der Waals surface area contributed by atoms with Gasteiger partial charge >= 0.3 is 0 Å². The van der Waals surface area contributed by atoms with E-state index in [1.165, 1.54) is 23.9 Å². The second-order valence-corrected chi connectivity index (χ2v) is 13.4. The van der Waals surface area contributed by atoms with Crippen LogP contribution in [-0.2, 0) is 21.4 Å². The van der Waals surface area contributed by atoms with Crippen molar-refractivity contribution in [1.82, 2.24) is 5.43 Å². The number of hydrogen-bond acceptors (Lipinski definition) is 6. The van der Waals surface area contributed by atoms with Crippen LogP contribution >= 0.6 is 15.9 Å². The molecule has 0 atom stereocenters. The number of hydrogen-bond donors (Lipinski definition) is 1. The number of amides is 1. The first kappa shape index (κ1) is 32.8. The van der Waals surface area contributed by atoms with E-state index in [-0.39, 0.29) is 10.8 Å². The number of rotatable bonds is 12. The normalized spacial score (nSPS) is 11.5. The molecule has 1 amide bonds. The summed E-state index contributed by atoms with van der Waals surface area (Å²) in [5, 5.41) is 4.08. The maximum atomic E-state index is 13.7. The van der Waals surface area contributed by atoms with Crippen molar-refractivity contribution in [2.45, 2.75) is 45.1 Å². The third-order valence-electron chi connectivity index (χ3n) is 6.90. The van der Waals surface area contributed by atoms with Gasteiger partial charge in [-0.25, -0.2) is 13.8 Å². The lowest BCUT2D eigenvalue weighted by Crippen LogP contribution is -2.39. The number of aryl methyl sites for hydroxylation is 2. The average Bonchev–Trinajstić information content (AvgIpc) is 3.00. The second-order valence-electron chi connectivity index (χ2n) is 10.7. The Balaban J connectivity index is 1.50. The lowest BCUT2D eigenvalue weighted by atomic mass is 10.0. The summed E-state index contributed by atoms with van der Waals surface area (Å²) in [6, 6.07) is 25.3. The van der Waals surface area contributed by atoms with Crippen LogP contribution in [0.5, 0.6) is 11.5 Å². The van der Waals surface area contributed by atoms with Gasteiger partial charge in [0.25, 0.3) is 15.9 Å². The molecule has 1 N–H and O–H groups in total. The number of ether oxygens (including phenoxy) is 2. The summed E-state index contributed by atoms with van der Waals surface area (Å²) in [4.78, 5) is 13.1. The molecule has 230 valence electrons. The first-order valence-electron chi connectivity index (χ1n) is 14.0. The number of methoxy groups -OCH3 is 1. The highest BCUT2D eigenvalue weighted by molar-refractivity contribution is 9.10. The van der Waals surface area contributed by atoms with Crippen LogP contribution < -0.4 is 19.2 Å². The van der Waals surface area contributed by atoms with Crippen molar-refractivity contribution < 1.29 is 22.7 Å². The van der Waals surface area contributed by atoms with Crippen LogP contribution in [-0.4, -0.2) is 34.2 Å². The summed E-state index contributed by atoms with van der Waals surface area (Å²) in [6.45, 7) is 7.92. The number of hydrazone groups is 1. The third kappa shape index (κ3) is 8.27. The van der Waals surface area contributed by atoms with Crippen LogP contribution in [0.1, 0.15) is 47.6 Å². The first-order chi connectivity index (χ1) is 21.0. The monoisotopic (exact) mass is 677 g/mol. The van der Waals surface area contributed by atoms with Gasteiger partial charge in [0, 0.05) is 0 Å². The van der Waals surface area contributed by atoms with Crippen molar-refractivity contribution >= 4 is 43.8 Å². The van der Waals surface area contributed by atoms with Gasteiger partial charge in [0.2, 0.25) is 0 Å². The molecule has 0 saturated heterocycles. The number of nitrogens with one attached hydrogen (secondary N) is 1. The van der Waals surface area contributed by atoms with E-state index in [0.29, 0.717) is 33.8 Å². The van der Waals surface area contributed by atoms with Gasteiger partial charge in [-0.1, -0.05) is 73.5 Å². The summed E-state index contributed by atoms with van der Waals surface area (Å²) in [5.41, 5.74) is 7.64. The Morgan fingerprint density at radius 3 is 2.16 bits per heavy atom. The van der Waals surface area contributed by atoms with E-state index >= 15 is 0 Å². The minimum atomic E-state index is -4.04. The predicted molar refractivity (Wildman–Crippen MR) is 178 cm³/mol. The molecule has 0 spiro atoms. The average molecular weight is 679 g/mol. The predicted octanol–water partition coefficient (Wildman–Crippen LogP) is 7.12. The van der Waals surface area contributed by atoms with Crippen LogP contribution in [0, 0.1) is 13.8 Å². The van der Waals surface area contributed by atoms with E-state index in [1.54, 1.807) is 43.5 Å². The van der Waals surface area contributed by atoms with Gasteiger partial charge in [-0.3, -0.25) is 9.10 Å². The van der Waals surface area contributed by atoms with Crippen molar-refractivity contribution in [3.8, 4) is 11.5 Å². The maximum Gasteiger partial charge on any atom is 0.264 e. The highest BCUT2D eigenvalue weighted by atomic mass is 79.9. The standard InChI is InChI=1S/C34H36BrN3O5S/c1-23(2)28-12-14-29(15-13-28)38(44(40,41)30-16-8-25(4)9-17-30)21-33(39)37-36-20-27-18-31(35)34(32(19-27)42-5)43-22-26-10-6-24(3)7-11-26/h6-20,23H,21-22H2,1-5H3,(H,37,39)/b36-20-. The minimum Gasteiger partial charge on any atom is -0.493 e. The molecule has 0 saturated carbocycles. The number of nitrogens with zero attached hydrogens (tertiary/aromatic N) is 2. The van der Waals surface area contributed by atoms with Crippen LogP contribution in [0.25, 0.3) is 0 Å². The molecule has 4 aromatic rings.